The molecular formula is C16H22O4. The molecule has 4 nitrogen and oxygen atoms in total. The highest BCUT2D eigenvalue weighted by atomic mass is 16.5. The first-order valence-corrected chi connectivity index (χ1v) is 6.80. The van der Waals surface area contributed by atoms with Crippen molar-refractivity contribution in [3.63, 3.8) is 0 Å². The van der Waals surface area contributed by atoms with E-state index in [1.165, 1.54) is 0 Å². The number of hydrogen-bond donors (Lipinski definition) is 0. The standard InChI is InChI=1S/C16H22O4/c1-6-19-14(17)12-9-8-11(16(3,4)5)10-13(12)15(18)20-7-2/h8-10H,6-7H2,1-5H3. The van der Waals surface area contributed by atoms with E-state index in [0.717, 1.165) is 5.56 Å². The van der Waals surface area contributed by atoms with E-state index in [2.05, 4.69) is 0 Å². The highest BCUT2D eigenvalue weighted by Crippen LogP contribution is 2.25. The lowest BCUT2D eigenvalue weighted by Gasteiger charge is -2.20. The minimum atomic E-state index is -0.504. The third kappa shape index (κ3) is 3.83. The lowest BCUT2D eigenvalue weighted by atomic mass is 9.85. The molecule has 0 aliphatic carbocycles. The molecule has 0 fully saturated rings. The van der Waals surface area contributed by atoms with Crippen LogP contribution in [-0.4, -0.2) is 25.2 Å². The number of esters is 2. The van der Waals surface area contributed by atoms with Crippen LogP contribution in [0.1, 0.15) is 60.9 Å². The van der Waals surface area contributed by atoms with Gasteiger partial charge in [0, 0.05) is 0 Å². The Morgan fingerprint density at radius 2 is 1.45 bits per heavy atom. The Balaban J connectivity index is 3.30. The molecule has 0 aliphatic rings. The maximum atomic E-state index is 12.0. The van der Waals surface area contributed by atoms with Crippen LogP contribution in [0.5, 0.6) is 0 Å². The fraction of sp³-hybridized carbons (Fsp3) is 0.500. The van der Waals surface area contributed by atoms with Gasteiger partial charge in [0.2, 0.25) is 0 Å². The number of carbonyl (C=O) groups is 2. The SMILES string of the molecule is CCOC(=O)c1ccc(C(C)(C)C)cc1C(=O)OCC. The van der Waals surface area contributed by atoms with Crippen LogP contribution in [0.2, 0.25) is 0 Å². The first-order valence-electron chi connectivity index (χ1n) is 6.80. The molecule has 0 heterocycles. The average molecular weight is 278 g/mol. The lowest BCUT2D eigenvalue weighted by molar-refractivity contribution is 0.0478. The van der Waals surface area contributed by atoms with Crippen LogP contribution < -0.4 is 0 Å². The predicted octanol–water partition coefficient (Wildman–Crippen LogP) is 3.34. The second kappa shape index (κ2) is 6.55. The lowest BCUT2D eigenvalue weighted by Crippen LogP contribution is -2.18. The summed E-state index contributed by atoms with van der Waals surface area (Å²) in [5, 5.41) is 0. The molecule has 0 atom stereocenters. The van der Waals surface area contributed by atoms with Crippen LogP contribution >= 0.6 is 0 Å². The van der Waals surface area contributed by atoms with Gasteiger partial charge in [-0.25, -0.2) is 9.59 Å². The summed E-state index contributed by atoms with van der Waals surface area (Å²) in [5.74, 6) is -1.00. The second-order valence-corrected chi connectivity index (χ2v) is 5.45. The average Bonchev–Trinajstić information content (AvgIpc) is 2.37. The quantitative estimate of drug-likeness (QED) is 0.793. The number of hydrogen-bond acceptors (Lipinski definition) is 4. The molecule has 20 heavy (non-hydrogen) atoms. The Kier molecular flexibility index (Phi) is 5.31. The molecule has 4 heteroatoms. The Bertz CT molecular complexity index is 498. The number of rotatable bonds is 4. The van der Waals surface area contributed by atoms with Crippen molar-refractivity contribution in [3.05, 3.63) is 34.9 Å². The van der Waals surface area contributed by atoms with Gasteiger partial charge in [0.25, 0.3) is 0 Å². The van der Waals surface area contributed by atoms with Crippen molar-refractivity contribution >= 4 is 11.9 Å². The highest BCUT2D eigenvalue weighted by molar-refractivity contribution is 6.03. The van der Waals surface area contributed by atoms with Gasteiger partial charge in [-0.2, -0.15) is 0 Å². The molecule has 0 bridgehead atoms. The van der Waals surface area contributed by atoms with Gasteiger partial charge in [0.15, 0.2) is 0 Å². The highest BCUT2D eigenvalue weighted by Gasteiger charge is 2.23. The Labute approximate surface area is 120 Å². The van der Waals surface area contributed by atoms with Gasteiger partial charge in [-0.1, -0.05) is 26.8 Å². The fourth-order valence-electron chi connectivity index (χ4n) is 1.78. The summed E-state index contributed by atoms with van der Waals surface area (Å²) in [6, 6.07) is 5.18. The molecule has 1 aromatic rings. The summed E-state index contributed by atoms with van der Waals surface area (Å²) < 4.78 is 9.99. The van der Waals surface area contributed by atoms with Gasteiger partial charge in [0.05, 0.1) is 24.3 Å². The van der Waals surface area contributed by atoms with E-state index >= 15 is 0 Å². The van der Waals surface area contributed by atoms with E-state index in [1.54, 1.807) is 26.0 Å². The van der Waals surface area contributed by atoms with Crippen LogP contribution in [-0.2, 0) is 14.9 Å². The van der Waals surface area contributed by atoms with Crippen molar-refractivity contribution in [2.45, 2.75) is 40.0 Å². The molecule has 0 N–H and O–H groups in total. The summed E-state index contributed by atoms with van der Waals surface area (Å²) in [7, 11) is 0. The zero-order valence-electron chi connectivity index (χ0n) is 12.8. The summed E-state index contributed by atoms with van der Waals surface area (Å²) >= 11 is 0. The van der Waals surface area contributed by atoms with Crippen LogP contribution in [0.25, 0.3) is 0 Å². The largest absolute Gasteiger partial charge is 0.462 e. The predicted molar refractivity (Wildman–Crippen MR) is 77.1 cm³/mol. The van der Waals surface area contributed by atoms with E-state index in [0.29, 0.717) is 0 Å². The Hall–Kier alpha value is -1.84. The monoisotopic (exact) mass is 278 g/mol. The van der Waals surface area contributed by atoms with Gasteiger partial charge in [-0.3, -0.25) is 0 Å². The molecule has 0 spiro atoms. The third-order valence-electron chi connectivity index (χ3n) is 2.88. The summed E-state index contributed by atoms with van der Waals surface area (Å²) in [4.78, 5) is 23.9. The van der Waals surface area contributed by atoms with Crippen molar-refractivity contribution < 1.29 is 19.1 Å². The molecular weight excluding hydrogens is 256 g/mol. The molecule has 1 rings (SSSR count). The maximum absolute atomic E-state index is 12.0. The minimum absolute atomic E-state index is 0.117. The van der Waals surface area contributed by atoms with Crippen LogP contribution in [0.4, 0.5) is 0 Å². The first kappa shape index (κ1) is 16.2. The van der Waals surface area contributed by atoms with E-state index < -0.39 is 11.9 Å². The molecule has 0 unspecified atom stereocenters. The summed E-state index contributed by atoms with van der Waals surface area (Å²) in [5.41, 5.74) is 1.36. The van der Waals surface area contributed by atoms with Crippen LogP contribution in [0.15, 0.2) is 18.2 Å². The zero-order valence-corrected chi connectivity index (χ0v) is 12.8. The molecule has 110 valence electrons. The van der Waals surface area contributed by atoms with Gasteiger partial charge < -0.3 is 9.47 Å². The molecule has 0 amide bonds. The van der Waals surface area contributed by atoms with Crippen molar-refractivity contribution in [1.82, 2.24) is 0 Å². The smallest absolute Gasteiger partial charge is 0.339 e. The van der Waals surface area contributed by atoms with E-state index in [1.807, 2.05) is 26.8 Å². The maximum Gasteiger partial charge on any atom is 0.339 e. The van der Waals surface area contributed by atoms with Gasteiger partial charge in [-0.05, 0) is 37.0 Å². The second-order valence-electron chi connectivity index (χ2n) is 5.45. The van der Waals surface area contributed by atoms with Crippen molar-refractivity contribution in [1.29, 1.82) is 0 Å². The van der Waals surface area contributed by atoms with Crippen molar-refractivity contribution in [2.24, 2.45) is 0 Å². The Morgan fingerprint density at radius 1 is 0.950 bits per heavy atom. The molecule has 1 aromatic carbocycles. The first-order chi connectivity index (χ1) is 9.31. The number of benzene rings is 1. The Morgan fingerprint density at radius 3 is 1.90 bits per heavy atom. The van der Waals surface area contributed by atoms with Gasteiger partial charge >= 0.3 is 11.9 Å². The molecule has 0 radical (unpaired) electrons. The number of ether oxygens (including phenoxy) is 2. The minimum Gasteiger partial charge on any atom is -0.462 e. The molecule has 0 saturated carbocycles. The van der Waals surface area contributed by atoms with Crippen LogP contribution in [0, 0.1) is 0 Å². The van der Waals surface area contributed by atoms with Gasteiger partial charge in [0.1, 0.15) is 0 Å². The molecule has 0 aliphatic heterocycles. The van der Waals surface area contributed by atoms with Crippen molar-refractivity contribution in [3.8, 4) is 0 Å². The van der Waals surface area contributed by atoms with Crippen LogP contribution in [0.3, 0.4) is 0 Å². The fourth-order valence-corrected chi connectivity index (χ4v) is 1.78. The van der Waals surface area contributed by atoms with Gasteiger partial charge in [-0.15, -0.1) is 0 Å². The summed E-state index contributed by atoms with van der Waals surface area (Å²) in [6.45, 7) is 10.1. The molecule has 0 aromatic heterocycles. The molecule has 0 saturated heterocycles. The van der Waals surface area contributed by atoms with E-state index in [4.69, 9.17) is 9.47 Å². The third-order valence-corrected chi connectivity index (χ3v) is 2.88. The number of carbonyl (C=O) groups excluding carboxylic acids is 2. The van der Waals surface area contributed by atoms with E-state index in [9.17, 15) is 9.59 Å². The zero-order chi connectivity index (χ0) is 15.3. The summed E-state index contributed by atoms with van der Waals surface area (Å²) in [6.07, 6.45) is 0. The normalized spacial score (nSPS) is 11.1. The van der Waals surface area contributed by atoms with Crippen molar-refractivity contribution in [2.75, 3.05) is 13.2 Å². The van der Waals surface area contributed by atoms with E-state index in [-0.39, 0.29) is 29.8 Å². The topological polar surface area (TPSA) is 52.6 Å².